The highest BCUT2D eigenvalue weighted by Gasteiger charge is 2.20. The number of piperidine rings is 1. The van der Waals surface area contributed by atoms with Crippen molar-refractivity contribution in [1.82, 2.24) is 5.32 Å². The second-order valence-corrected chi connectivity index (χ2v) is 4.98. The van der Waals surface area contributed by atoms with Crippen LogP contribution in [0.15, 0.2) is 18.2 Å². The van der Waals surface area contributed by atoms with E-state index in [2.05, 4.69) is 10.6 Å². The van der Waals surface area contributed by atoms with Crippen molar-refractivity contribution in [3.05, 3.63) is 23.2 Å². The number of rotatable bonds is 4. The fraction of sp³-hybridized carbons (Fsp3) is 0.500. The Labute approximate surface area is 130 Å². The molecule has 0 radical (unpaired) electrons. The van der Waals surface area contributed by atoms with E-state index < -0.39 is 0 Å². The summed E-state index contributed by atoms with van der Waals surface area (Å²) in [5, 5.41) is 6.61. The molecule has 0 aliphatic carbocycles. The zero-order valence-electron chi connectivity index (χ0n) is 11.4. The Morgan fingerprint density at radius 2 is 2.30 bits per heavy atom. The van der Waals surface area contributed by atoms with Crippen molar-refractivity contribution in [3.8, 4) is 5.75 Å². The third-order valence-electron chi connectivity index (χ3n) is 3.13. The van der Waals surface area contributed by atoms with Crippen molar-refractivity contribution in [2.24, 2.45) is 0 Å². The van der Waals surface area contributed by atoms with Gasteiger partial charge in [-0.3, -0.25) is 4.79 Å². The number of benzene rings is 1. The molecule has 1 aliphatic rings. The number of anilines is 1. The molecule has 0 unspecified atom stereocenters. The number of nitrogens with one attached hydrogen (secondary N) is 2. The van der Waals surface area contributed by atoms with Crippen LogP contribution in [0.3, 0.4) is 0 Å². The van der Waals surface area contributed by atoms with Crippen LogP contribution in [-0.4, -0.2) is 25.1 Å². The highest BCUT2D eigenvalue weighted by Crippen LogP contribution is 2.27. The van der Waals surface area contributed by atoms with E-state index in [0.29, 0.717) is 23.1 Å². The molecule has 1 aromatic carbocycles. The molecule has 20 heavy (non-hydrogen) atoms. The molecule has 1 aliphatic heterocycles. The van der Waals surface area contributed by atoms with Crippen LogP contribution in [0.4, 0.5) is 5.69 Å². The molecule has 0 saturated carbocycles. The van der Waals surface area contributed by atoms with Crippen LogP contribution in [0.2, 0.25) is 5.02 Å². The van der Waals surface area contributed by atoms with Crippen molar-refractivity contribution in [1.29, 1.82) is 0 Å². The Balaban J connectivity index is 0.00000200. The number of hydrogen-bond acceptors (Lipinski definition) is 3. The summed E-state index contributed by atoms with van der Waals surface area (Å²) in [5.41, 5.74) is 0.700. The average Bonchev–Trinajstić information content (AvgIpc) is 2.43. The Bertz CT molecular complexity index is 449. The van der Waals surface area contributed by atoms with E-state index in [1.807, 2.05) is 6.92 Å². The predicted molar refractivity (Wildman–Crippen MR) is 84.1 cm³/mol. The molecule has 2 rings (SSSR count). The van der Waals surface area contributed by atoms with E-state index >= 15 is 0 Å². The van der Waals surface area contributed by atoms with E-state index in [4.69, 9.17) is 16.3 Å². The molecular weight excluding hydrogens is 299 g/mol. The van der Waals surface area contributed by atoms with E-state index in [-0.39, 0.29) is 24.4 Å². The van der Waals surface area contributed by atoms with Crippen molar-refractivity contribution < 1.29 is 9.53 Å². The topological polar surface area (TPSA) is 50.4 Å². The standard InChI is InChI=1S/C14H19ClN2O2.ClH/c1-2-19-13-7-6-10(9-11(13)15)17-14(18)12-5-3-4-8-16-12;/h6-7,9,12,16H,2-5,8H2,1H3,(H,17,18);1H/t12-;/m0./s1. The minimum Gasteiger partial charge on any atom is -0.492 e. The first-order chi connectivity index (χ1) is 9.20. The van der Waals surface area contributed by atoms with E-state index in [1.54, 1.807) is 18.2 Å². The fourth-order valence-corrected chi connectivity index (χ4v) is 2.39. The van der Waals surface area contributed by atoms with Gasteiger partial charge >= 0.3 is 0 Å². The van der Waals surface area contributed by atoms with Gasteiger partial charge in [-0.05, 0) is 44.5 Å². The van der Waals surface area contributed by atoms with E-state index in [0.717, 1.165) is 25.8 Å². The molecule has 1 atom stereocenters. The van der Waals surface area contributed by atoms with Gasteiger partial charge in [-0.15, -0.1) is 12.4 Å². The second kappa shape index (κ2) is 8.35. The number of ether oxygens (including phenoxy) is 1. The monoisotopic (exact) mass is 318 g/mol. The summed E-state index contributed by atoms with van der Waals surface area (Å²) in [4.78, 5) is 12.0. The normalized spacial score (nSPS) is 18.0. The molecule has 1 aromatic rings. The predicted octanol–water partition coefficient (Wildman–Crippen LogP) is 3.24. The van der Waals surface area contributed by atoms with Crippen LogP contribution in [0, 0.1) is 0 Å². The Morgan fingerprint density at radius 1 is 1.50 bits per heavy atom. The van der Waals surface area contributed by atoms with Gasteiger partial charge in [0.1, 0.15) is 5.75 Å². The van der Waals surface area contributed by atoms with Gasteiger partial charge in [-0.25, -0.2) is 0 Å². The van der Waals surface area contributed by atoms with Gasteiger partial charge < -0.3 is 15.4 Å². The number of hydrogen-bond donors (Lipinski definition) is 2. The first kappa shape index (κ1) is 17.1. The van der Waals surface area contributed by atoms with Gasteiger partial charge in [0, 0.05) is 5.69 Å². The minimum absolute atomic E-state index is 0. The fourth-order valence-electron chi connectivity index (χ4n) is 2.16. The number of halogens is 2. The summed E-state index contributed by atoms with van der Waals surface area (Å²) in [5.74, 6) is 0.637. The quantitative estimate of drug-likeness (QED) is 0.896. The van der Waals surface area contributed by atoms with Crippen LogP contribution in [0.25, 0.3) is 0 Å². The molecular formula is C14H20Cl2N2O2. The largest absolute Gasteiger partial charge is 0.492 e. The SMILES string of the molecule is CCOc1ccc(NC(=O)[C@@H]2CCCCN2)cc1Cl.Cl. The number of carbonyl (C=O) groups excluding carboxylic acids is 1. The lowest BCUT2D eigenvalue weighted by Crippen LogP contribution is -2.43. The molecule has 1 fully saturated rings. The molecule has 112 valence electrons. The van der Waals surface area contributed by atoms with Crippen LogP contribution in [-0.2, 0) is 4.79 Å². The first-order valence-corrected chi connectivity index (χ1v) is 7.05. The van der Waals surface area contributed by atoms with E-state index in [1.165, 1.54) is 0 Å². The highest BCUT2D eigenvalue weighted by atomic mass is 35.5. The van der Waals surface area contributed by atoms with Crippen molar-refractivity contribution >= 4 is 35.6 Å². The lowest BCUT2D eigenvalue weighted by Gasteiger charge is -2.22. The van der Waals surface area contributed by atoms with E-state index in [9.17, 15) is 4.79 Å². The van der Waals surface area contributed by atoms with Gasteiger partial charge in [-0.2, -0.15) is 0 Å². The minimum atomic E-state index is -0.0981. The molecule has 4 nitrogen and oxygen atoms in total. The second-order valence-electron chi connectivity index (χ2n) is 4.57. The molecule has 0 spiro atoms. The average molecular weight is 319 g/mol. The zero-order chi connectivity index (χ0) is 13.7. The van der Waals surface area contributed by atoms with Gasteiger partial charge in [0.25, 0.3) is 0 Å². The summed E-state index contributed by atoms with van der Waals surface area (Å²) < 4.78 is 5.36. The van der Waals surface area contributed by atoms with Gasteiger partial charge in [0.15, 0.2) is 0 Å². The molecule has 0 aromatic heterocycles. The summed E-state index contributed by atoms with van der Waals surface area (Å²) in [6, 6.07) is 5.19. The third-order valence-corrected chi connectivity index (χ3v) is 3.42. The maximum absolute atomic E-state index is 12.0. The number of carbonyl (C=O) groups is 1. The maximum atomic E-state index is 12.0. The molecule has 2 N–H and O–H groups in total. The Morgan fingerprint density at radius 3 is 2.90 bits per heavy atom. The summed E-state index contributed by atoms with van der Waals surface area (Å²) in [6.07, 6.45) is 3.12. The lowest BCUT2D eigenvalue weighted by molar-refractivity contribution is -0.118. The van der Waals surface area contributed by atoms with Crippen molar-refractivity contribution in [2.75, 3.05) is 18.5 Å². The van der Waals surface area contributed by atoms with Gasteiger partial charge in [-0.1, -0.05) is 18.0 Å². The molecule has 0 bridgehead atoms. The van der Waals surface area contributed by atoms with Crippen molar-refractivity contribution in [2.45, 2.75) is 32.2 Å². The van der Waals surface area contributed by atoms with Crippen LogP contribution in [0.1, 0.15) is 26.2 Å². The zero-order valence-corrected chi connectivity index (χ0v) is 13.0. The molecule has 6 heteroatoms. The molecule has 1 saturated heterocycles. The number of amides is 1. The first-order valence-electron chi connectivity index (χ1n) is 6.67. The van der Waals surface area contributed by atoms with Crippen LogP contribution < -0.4 is 15.4 Å². The molecule has 1 heterocycles. The Hall–Kier alpha value is -0.970. The van der Waals surface area contributed by atoms with Gasteiger partial charge in [0.2, 0.25) is 5.91 Å². The summed E-state index contributed by atoms with van der Waals surface area (Å²) in [7, 11) is 0. The summed E-state index contributed by atoms with van der Waals surface area (Å²) >= 11 is 6.09. The van der Waals surface area contributed by atoms with Crippen LogP contribution >= 0.6 is 24.0 Å². The summed E-state index contributed by atoms with van der Waals surface area (Å²) in [6.45, 7) is 3.38. The van der Waals surface area contributed by atoms with Crippen molar-refractivity contribution in [3.63, 3.8) is 0 Å². The third kappa shape index (κ3) is 4.54. The smallest absolute Gasteiger partial charge is 0.241 e. The lowest BCUT2D eigenvalue weighted by atomic mass is 10.0. The van der Waals surface area contributed by atoms with Gasteiger partial charge in [0.05, 0.1) is 17.7 Å². The highest BCUT2D eigenvalue weighted by molar-refractivity contribution is 6.32. The maximum Gasteiger partial charge on any atom is 0.241 e. The van der Waals surface area contributed by atoms with Crippen LogP contribution in [0.5, 0.6) is 5.75 Å². The Kier molecular flexibility index (Phi) is 7.13. The molecule has 1 amide bonds.